The van der Waals surface area contributed by atoms with Gasteiger partial charge in [0.15, 0.2) is 0 Å². The van der Waals surface area contributed by atoms with Gasteiger partial charge in [0.2, 0.25) is 0 Å². The highest BCUT2D eigenvalue weighted by Gasteiger charge is 2.59. The average molecular weight is 154 g/mol. The normalized spacial score (nSPS) is 42.0. The van der Waals surface area contributed by atoms with Crippen LogP contribution in [0.5, 0.6) is 0 Å². The molecule has 0 aliphatic heterocycles. The van der Waals surface area contributed by atoms with Gasteiger partial charge in [0.05, 0.1) is 0 Å². The van der Waals surface area contributed by atoms with Crippen molar-refractivity contribution in [3.8, 4) is 0 Å². The van der Waals surface area contributed by atoms with Gasteiger partial charge in [-0.15, -0.1) is 23.2 Å². The Morgan fingerprint density at radius 2 is 2.00 bits per heavy atom. The number of alkyl halides is 2. The van der Waals surface area contributed by atoms with E-state index >= 15 is 0 Å². The monoisotopic (exact) mass is 153 g/mol. The van der Waals surface area contributed by atoms with E-state index < -0.39 is 4.33 Å². The van der Waals surface area contributed by atoms with Crippen molar-refractivity contribution in [3.63, 3.8) is 0 Å². The first-order valence-electron chi connectivity index (χ1n) is 2.68. The fourth-order valence-corrected chi connectivity index (χ4v) is 1.66. The van der Waals surface area contributed by atoms with Gasteiger partial charge in [0.25, 0.3) is 0 Å². The molecule has 0 amide bonds. The molecule has 0 unspecified atom stereocenters. The highest BCUT2D eigenvalue weighted by molar-refractivity contribution is 6.51. The Hall–Kier alpha value is 0.540. The fourth-order valence-electron chi connectivity index (χ4n) is 0.921. The minimum Gasteiger partial charge on any atom is -0.330 e. The maximum atomic E-state index is 5.74. The highest BCUT2D eigenvalue weighted by Crippen LogP contribution is 2.58. The van der Waals surface area contributed by atoms with Gasteiger partial charge >= 0.3 is 0 Å². The molecule has 8 heavy (non-hydrogen) atoms. The van der Waals surface area contributed by atoms with Crippen molar-refractivity contribution in [3.05, 3.63) is 0 Å². The van der Waals surface area contributed by atoms with Gasteiger partial charge in [-0.2, -0.15) is 0 Å². The zero-order chi connectivity index (χ0) is 6.36. The maximum Gasteiger partial charge on any atom is 0.125 e. The number of halogens is 2. The molecular weight excluding hydrogens is 145 g/mol. The summed E-state index contributed by atoms with van der Waals surface area (Å²) in [6, 6.07) is 0. The van der Waals surface area contributed by atoms with E-state index in [0.29, 0.717) is 18.4 Å². The summed E-state index contributed by atoms with van der Waals surface area (Å²) in [4.78, 5) is 0. The number of hydrogen-bond acceptors (Lipinski definition) is 1. The third-order valence-corrected chi connectivity index (χ3v) is 3.10. The van der Waals surface area contributed by atoms with Crippen LogP contribution < -0.4 is 5.73 Å². The first-order chi connectivity index (χ1) is 3.60. The molecule has 1 aliphatic rings. The molecule has 1 aliphatic carbocycles. The molecule has 2 N–H and O–H groups in total. The van der Waals surface area contributed by atoms with Gasteiger partial charge in [-0.25, -0.2) is 0 Å². The molecule has 1 nitrogen and oxygen atoms in total. The standard InChI is InChI=1S/C5H9Cl2N/c1-3-4(2-8)5(3,6)7/h3-4H,2,8H2,1H3/t3-,4-/m1/s1. The molecule has 0 spiro atoms. The van der Waals surface area contributed by atoms with Crippen LogP contribution in [0.25, 0.3) is 0 Å². The van der Waals surface area contributed by atoms with Crippen LogP contribution in [0.3, 0.4) is 0 Å². The topological polar surface area (TPSA) is 26.0 Å². The summed E-state index contributed by atoms with van der Waals surface area (Å²) >= 11 is 11.5. The van der Waals surface area contributed by atoms with Crippen molar-refractivity contribution in [1.29, 1.82) is 0 Å². The van der Waals surface area contributed by atoms with Crippen LogP contribution in [0.15, 0.2) is 0 Å². The third-order valence-electron chi connectivity index (χ3n) is 1.85. The summed E-state index contributed by atoms with van der Waals surface area (Å²) in [5.74, 6) is 0.710. The van der Waals surface area contributed by atoms with Crippen molar-refractivity contribution < 1.29 is 0 Å². The minimum absolute atomic E-state index is 0.325. The van der Waals surface area contributed by atoms with E-state index in [2.05, 4.69) is 0 Å². The first kappa shape index (κ1) is 6.66. The summed E-state index contributed by atoms with van der Waals surface area (Å²) in [6.07, 6.45) is 0. The first-order valence-corrected chi connectivity index (χ1v) is 3.44. The van der Waals surface area contributed by atoms with E-state index in [1.54, 1.807) is 0 Å². The molecular formula is C5H9Cl2N. The summed E-state index contributed by atoms with van der Waals surface area (Å²) in [6.45, 7) is 2.62. The summed E-state index contributed by atoms with van der Waals surface area (Å²) < 4.78 is -0.505. The van der Waals surface area contributed by atoms with E-state index in [1.165, 1.54) is 0 Å². The molecule has 0 aromatic carbocycles. The molecule has 48 valence electrons. The Bertz CT molecular complexity index is 103. The zero-order valence-electron chi connectivity index (χ0n) is 4.70. The predicted molar refractivity (Wildman–Crippen MR) is 36.1 cm³/mol. The van der Waals surface area contributed by atoms with Gasteiger partial charge in [0, 0.05) is 5.92 Å². The Balaban J connectivity index is 2.45. The number of nitrogens with two attached hydrogens (primary N) is 1. The molecule has 2 atom stereocenters. The lowest BCUT2D eigenvalue weighted by molar-refractivity contribution is 0.760. The summed E-state index contributed by atoms with van der Waals surface area (Å²) in [5, 5.41) is 0. The quantitative estimate of drug-likeness (QED) is 0.567. The molecule has 0 aromatic heterocycles. The van der Waals surface area contributed by atoms with Gasteiger partial charge in [-0.3, -0.25) is 0 Å². The number of hydrogen-bond donors (Lipinski definition) is 1. The van der Waals surface area contributed by atoms with Crippen molar-refractivity contribution in [1.82, 2.24) is 0 Å². The van der Waals surface area contributed by atoms with Crippen LogP contribution in [0.1, 0.15) is 6.92 Å². The van der Waals surface area contributed by atoms with Crippen LogP contribution in [-0.4, -0.2) is 10.9 Å². The smallest absolute Gasteiger partial charge is 0.125 e. The van der Waals surface area contributed by atoms with Crippen molar-refractivity contribution >= 4 is 23.2 Å². The Kier molecular flexibility index (Phi) is 1.46. The second-order valence-electron chi connectivity index (χ2n) is 2.31. The minimum atomic E-state index is -0.505. The largest absolute Gasteiger partial charge is 0.330 e. The van der Waals surface area contributed by atoms with E-state index in [9.17, 15) is 0 Å². The Labute approximate surface area is 59.1 Å². The number of rotatable bonds is 1. The average Bonchev–Trinajstić information content (AvgIpc) is 2.09. The van der Waals surface area contributed by atoms with Crippen molar-refractivity contribution in [2.24, 2.45) is 17.6 Å². The third kappa shape index (κ3) is 0.734. The van der Waals surface area contributed by atoms with E-state index in [1.807, 2.05) is 6.92 Å². The second kappa shape index (κ2) is 1.76. The van der Waals surface area contributed by atoms with E-state index in [0.717, 1.165) is 0 Å². The van der Waals surface area contributed by atoms with Crippen LogP contribution in [-0.2, 0) is 0 Å². The van der Waals surface area contributed by atoms with E-state index in [-0.39, 0.29) is 0 Å². The van der Waals surface area contributed by atoms with E-state index in [4.69, 9.17) is 28.9 Å². The molecule has 0 heterocycles. The van der Waals surface area contributed by atoms with Crippen molar-refractivity contribution in [2.45, 2.75) is 11.3 Å². The lowest BCUT2D eigenvalue weighted by Crippen LogP contribution is -2.05. The summed E-state index contributed by atoms with van der Waals surface area (Å²) in [7, 11) is 0. The zero-order valence-corrected chi connectivity index (χ0v) is 6.21. The van der Waals surface area contributed by atoms with Gasteiger partial charge < -0.3 is 5.73 Å². The molecule has 0 saturated heterocycles. The van der Waals surface area contributed by atoms with Gasteiger partial charge in [0.1, 0.15) is 4.33 Å². The predicted octanol–water partition coefficient (Wildman–Crippen LogP) is 1.38. The molecule has 1 fully saturated rings. The Morgan fingerprint density at radius 1 is 1.62 bits per heavy atom. The maximum absolute atomic E-state index is 5.74. The van der Waals surface area contributed by atoms with Crippen LogP contribution in [0, 0.1) is 11.8 Å². The molecule has 0 bridgehead atoms. The molecule has 3 heteroatoms. The Morgan fingerprint density at radius 3 is 2.00 bits per heavy atom. The second-order valence-corrected chi connectivity index (χ2v) is 3.75. The van der Waals surface area contributed by atoms with Gasteiger partial charge in [-0.1, -0.05) is 6.92 Å². The molecule has 1 rings (SSSR count). The lowest BCUT2D eigenvalue weighted by atomic mass is 10.3. The molecule has 0 aromatic rings. The SMILES string of the molecule is C[C@@H]1[C@@H](CN)C1(Cl)Cl. The highest BCUT2D eigenvalue weighted by atomic mass is 35.5. The van der Waals surface area contributed by atoms with Crippen LogP contribution in [0.4, 0.5) is 0 Å². The van der Waals surface area contributed by atoms with Crippen molar-refractivity contribution in [2.75, 3.05) is 6.54 Å². The molecule has 1 saturated carbocycles. The lowest BCUT2D eigenvalue weighted by Gasteiger charge is -1.90. The fraction of sp³-hybridized carbons (Fsp3) is 1.00. The molecule has 0 radical (unpaired) electrons. The van der Waals surface area contributed by atoms with Gasteiger partial charge in [-0.05, 0) is 12.5 Å². The van der Waals surface area contributed by atoms with Crippen LogP contribution in [0.2, 0.25) is 0 Å². The summed E-state index contributed by atoms with van der Waals surface area (Å²) in [5.41, 5.74) is 5.33. The van der Waals surface area contributed by atoms with Crippen LogP contribution >= 0.6 is 23.2 Å².